The van der Waals surface area contributed by atoms with Crippen molar-refractivity contribution < 1.29 is 9.72 Å². The second-order valence-electron chi connectivity index (χ2n) is 7.28. The zero-order valence-electron chi connectivity index (χ0n) is 16.0. The minimum absolute atomic E-state index is 0.0406. The van der Waals surface area contributed by atoms with Crippen molar-refractivity contribution in [1.82, 2.24) is 9.97 Å². The maximum atomic E-state index is 12.9. The third-order valence-electron chi connectivity index (χ3n) is 5.36. The molecular weight excluding hydrogens is 400 g/mol. The molecule has 1 amide bonds. The second-order valence-corrected chi connectivity index (χ2v) is 8.38. The number of benzene rings is 2. The Hall–Kier alpha value is -3.52. The molecule has 30 heavy (non-hydrogen) atoms. The van der Waals surface area contributed by atoms with Gasteiger partial charge in [0.1, 0.15) is 10.8 Å². The Morgan fingerprint density at radius 2 is 1.87 bits per heavy atom. The second kappa shape index (κ2) is 7.38. The summed E-state index contributed by atoms with van der Waals surface area (Å²) in [4.78, 5) is 32.7. The van der Waals surface area contributed by atoms with Crippen molar-refractivity contribution in [2.75, 3.05) is 5.32 Å². The standard InChI is InChI=1S/C22H18N4O3S/c27-21(13-9-11-14(12-10-13)26(28)29)25-22-19(15-5-1-4-8-18(15)30-22)20-23-16-6-2-3-7-17(16)24-20/h2-3,6-7,9-12H,1,4-5,8H2,(H,23,24)(H,25,27). The Bertz CT molecular complexity index is 1240. The summed E-state index contributed by atoms with van der Waals surface area (Å²) in [7, 11) is 0. The first-order valence-electron chi connectivity index (χ1n) is 9.75. The van der Waals surface area contributed by atoms with Crippen LogP contribution in [-0.4, -0.2) is 20.8 Å². The van der Waals surface area contributed by atoms with E-state index in [0.717, 1.165) is 53.1 Å². The number of nitro benzene ring substituents is 1. The van der Waals surface area contributed by atoms with Gasteiger partial charge in [0.15, 0.2) is 0 Å². The van der Waals surface area contributed by atoms with Crippen molar-refractivity contribution in [3.05, 3.63) is 74.6 Å². The van der Waals surface area contributed by atoms with Gasteiger partial charge in [0.25, 0.3) is 11.6 Å². The predicted octanol–water partition coefficient (Wildman–Crippen LogP) is 5.33. The fraction of sp³-hybridized carbons (Fsp3) is 0.182. The number of nitrogens with zero attached hydrogens (tertiary/aromatic N) is 2. The highest BCUT2D eigenvalue weighted by atomic mass is 32.1. The van der Waals surface area contributed by atoms with Crippen molar-refractivity contribution in [1.29, 1.82) is 0 Å². The largest absolute Gasteiger partial charge is 0.338 e. The highest BCUT2D eigenvalue weighted by Gasteiger charge is 2.25. The summed E-state index contributed by atoms with van der Waals surface area (Å²) in [6.45, 7) is 0. The quantitative estimate of drug-likeness (QED) is 0.345. The molecule has 2 aromatic heterocycles. The number of hydrogen-bond donors (Lipinski definition) is 2. The molecule has 0 radical (unpaired) electrons. The number of anilines is 1. The van der Waals surface area contributed by atoms with Gasteiger partial charge >= 0.3 is 0 Å². The van der Waals surface area contributed by atoms with Gasteiger partial charge in [-0.25, -0.2) is 4.98 Å². The number of aromatic nitrogens is 2. The van der Waals surface area contributed by atoms with Crippen LogP contribution in [0, 0.1) is 10.1 Å². The minimum atomic E-state index is -0.477. The van der Waals surface area contributed by atoms with Crippen LogP contribution in [0.1, 0.15) is 33.6 Å². The lowest BCUT2D eigenvalue weighted by Crippen LogP contribution is -2.11. The molecule has 0 saturated carbocycles. The number of aryl methyl sites for hydroxylation is 1. The highest BCUT2D eigenvalue weighted by molar-refractivity contribution is 7.17. The van der Waals surface area contributed by atoms with Crippen molar-refractivity contribution in [3.63, 3.8) is 0 Å². The van der Waals surface area contributed by atoms with Crippen molar-refractivity contribution in [2.24, 2.45) is 0 Å². The fourth-order valence-electron chi connectivity index (χ4n) is 3.89. The van der Waals surface area contributed by atoms with Crippen LogP contribution < -0.4 is 5.32 Å². The number of H-pyrrole nitrogens is 1. The molecule has 0 saturated heterocycles. The van der Waals surface area contributed by atoms with E-state index in [1.165, 1.54) is 34.7 Å². The molecule has 150 valence electrons. The van der Waals surface area contributed by atoms with E-state index in [-0.39, 0.29) is 11.6 Å². The summed E-state index contributed by atoms with van der Waals surface area (Å²) >= 11 is 1.60. The zero-order chi connectivity index (χ0) is 20.7. The molecule has 1 aliphatic carbocycles. The number of aromatic amines is 1. The maximum absolute atomic E-state index is 12.9. The summed E-state index contributed by atoms with van der Waals surface area (Å²) in [5.41, 5.74) is 4.39. The van der Waals surface area contributed by atoms with Gasteiger partial charge in [0.05, 0.1) is 21.5 Å². The third-order valence-corrected chi connectivity index (χ3v) is 6.57. The summed E-state index contributed by atoms with van der Waals surface area (Å²) in [5.74, 6) is 0.468. The van der Waals surface area contributed by atoms with E-state index in [0.29, 0.717) is 5.56 Å². The van der Waals surface area contributed by atoms with Crippen LogP contribution >= 0.6 is 11.3 Å². The van der Waals surface area contributed by atoms with Crippen molar-refractivity contribution >= 4 is 39.0 Å². The molecule has 8 heteroatoms. The van der Waals surface area contributed by atoms with E-state index < -0.39 is 4.92 Å². The molecule has 0 fully saturated rings. The molecule has 4 aromatic rings. The lowest BCUT2D eigenvalue weighted by molar-refractivity contribution is -0.384. The lowest BCUT2D eigenvalue weighted by Gasteiger charge is -2.12. The molecule has 0 unspecified atom stereocenters. The van der Waals surface area contributed by atoms with Crippen LogP contribution in [0.4, 0.5) is 10.7 Å². The topological polar surface area (TPSA) is 101 Å². The van der Waals surface area contributed by atoms with E-state index in [2.05, 4.69) is 10.3 Å². The monoisotopic (exact) mass is 418 g/mol. The van der Waals surface area contributed by atoms with Gasteiger partial charge in [-0.05, 0) is 55.5 Å². The lowest BCUT2D eigenvalue weighted by atomic mass is 9.95. The molecule has 7 nitrogen and oxygen atoms in total. The molecule has 0 aliphatic heterocycles. The normalized spacial score (nSPS) is 13.2. The Kier molecular flexibility index (Phi) is 4.55. The number of carbonyl (C=O) groups is 1. The summed E-state index contributed by atoms with van der Waals surface area (Å²) in [6.07, 6.45) is 4.22. The number of imidazole rings is 1. The number of para-hydroxylation sites is 2. The molecule has 2 aromatic carbocycles. The average Bonchev–Trinajstić information content (AvgIpc) is 3.34. The van der Waals surface area contributed by atoms with Gasteiger partial charge in [-0.3, -0.25) is 14.9 Å². The summed E-state index contributed by atoms with van der Waals surface area (Å²) in [6, 6.07) is 13.5. The van der Waals surface area contributed by atoms with Crippen LogP contribution in [0.2, 0.25) is 0 Å². The van der Waals surface area contributed by atoms with Crippen LogP contribution in [-0.2, 0) is 12.8 Å². The predicted molar refractivity (Wildman–Crippen MR) is 117 cm³/mol. The van der Waals surface area contributed by atoms with Gasteiger partial charge in [-0.2, -0.15) is 0 Å². The van der Waals surface area contributed by atoms with Crippen LogP contribution in [0.15, 0.2) is 48.5 Å². The third kappa shape index (κ3) is 3.25. The number of rotatable bonds is 4. The first kappa shape index (κ1) is 18.5. The van der Waals surface area contributed by atoms with E-state index >= 15 is 0 Å². The highest BCUT2D eigenvalue weighted by Crippen LogP contribution is 2.43. The maximum Gasteiger partial charge on any atom is 0.269 e. The van der Waals surface area contributed by atoms with Gasteiger partial charge < -0.3 is 10.3 Å². The zero-order valence-corrected chi connectivity index (χ0v) is 16.8. The molecule has 5 rings (SSSR count). The number of carbonyl (C=O) groups excluding carboxylic acids is 1. The summed E-state index contributed by atoms with van der Waals surface area (Å²) < 4.78 is 0. The van der Waals surface area contributed by atoms with Crippen molar-refractivity contribution in [3.8, 4) is 11.4 Å². The van der Waals surface area contributed by atoms with E-state index in [4.69, 9.17) is 4.98 Å². The molecular formula is C22H18N4O3S. The van der Waals surface area contributed by atoms with E-state index in [1.807, 2.05) is 24.3 Å². The molecule has 0 spiro atoms. The smallest absolute Gasteiger partial charge is 0.269 e. The Morgan fingerprint density at radius 1 is 1.10 bits per heavy atom. The van der Waals surface area contributed by atoms with E-state index in [1.54, 1.807) is 11.3 Å². The average molecular weight is 418 g/mol. The molecule has 1 aliphatic rings. The number of nitrogens with one attached hydrogen (secondary N) is 2. The Labute approximate surface area is 175 Å². The number of amides is 1. The van der Waals surface area contributed by atoms with E-state index in [9.17, 15) is 14.9 Å². The van der Waals surface area contributed by atoms with Crippen molar-refractivity contribution in [2.45, 2.75) is 25.7 Å². The van der Waals surface area contributed by atoms with Gasteiger partial charge in [-0.1, -0.05) is 12.1 Å². The van der Waals surface area contributed by atoms with Crippen LogP contribution in [0.5, 0.6) is 0 Å². The van der Waals surface area contributed by atoms with Crippen LogP contribution in [0.25, 0.3) is 22.4 Å². The van der Waals surface area contributed by atoms with Gasteiger partial charge in [-0.15, -0.1) is 11.3 Å². The minimum Gasteiger partial charge on any atom is -0.338 e. The van der Waals surface area contributed by atoms with Gasteiger partial charge in [0, 0.05) is 22.6 Å². The summed E-state index contributed by atoms with van der Waals surface area (Å²) in [5, 5.41) is 14.7. The first-order valence-corrected chi connectivity index (χ1v) is 10.6. The van der Waals surface area contributed by atoms with Gasteiger partial charge in [0.2, 0.25) is 0 Å². The Morgan fingerprint density at radius 3 is 2.63 bits per heavy atom. The number of fused-ring (bicyclic) bond motifs is 2. The number of non-ortho nitro benzene ring substituents is 1. The Balaban J connectivity index is 1.54. The molecule has 0 bridgehead atoms. The van der Waals surface area contributed by atoms with Crippen LogP contribution in [0.3, 0.4) is 0 Å². The molecule has 2 heterocycles. The fourth-order valence-corrected chi connectivity index (χ4v) is 5.17. The number of nitro groups is 1. The number of hydrogen-bond acceptors (Lipinski definition) is 5. The molecule has 2 N–H and O–H groups in total. The first-order chi connectivity index (χ1) is 14.6. The molecule has 0 atom stereocenters. The SMILES string of the molecule is O=C(Nc1sc2c(c1-c1nc3ccccc3[nH]1)CCCC2)c1ccc([N+](=O)[O-])cc1. The number of thiophene rings is 1.